The Labute approximate surface area is 174 Å². The van der Waals surface area contributed by atoms with Crippen LogP contribution in [0, 0.1) is 0 Å². The molecular formula is C28H18O2. The highest BCUT2D eigenvalue weighted by Gasteiger charge is 2.16. The van der Waals surface area contributed by atoms with E-state index in [1.807, 2.05) is 72.8 Å². The number of fused-ring (bicyclic) bond motifs is 2. The Morgan fingerprint density at radius 2 is 0.800 bits per heavy atom. The Morgan fingerprint density at radius 3 is 1.13 bits per heavy atom. The predicted octanol–water partition coefficient (Wildman–Crippen LogP) is 6.95. The van der Waals surface area contributed by atoms with Gasteiger partial charge in [0.05, 0.1) is 0 Å². The molecule has 0 atom stereocenters. The Morgan fingerprint density at radius 1 is 0.433 bits per heavy atom. The highest BCUT2D eigenvalue weighted by atomic mass is 16.1. The molecule has 5 aromatic rings. The largest absolute Gasteiger partial charge is 0.298 e. The number of carbonyl (C=O) groups is 2. The molecule has 2 nitrogen and oxygen atoms in total. The van der Waals surface area contributed by atoms with Crippen LogP contribution in [0.15, 0.2) is 97.1 Å². The molecule has 0 spiro atoms. The normalized spacial score (nSPS) is 10.9. The summed E-state index contributed by atoms with van der Waals surface area (Å²) in [5.41, 5.74) is 5.56. The lowest BCUT2D eigenvalue weighted by Crippen LogP contribution is -1.92. The van der Waals surface area contributed by atoms with Gasteiger partial charge in [0.2, 0.25) is 0 Å². The Hall–Kier alpha value is -4.04. The Bertz CT molecular complexity index is 1260. The summed E-state index contributed by atoms with van der Waals surface area (Å²) in [5, 5.41) is 4.47. The third-order valence-electron chi connectivity index (χ3n) is 5.55. The van der Waals surface area contributed by atoms with E-state index in [4.69, 9.17) is 0 Å². The van der Waals surface area contributed by atoms with Crippen molar-refractivity contribution in [3.8, 4) is 22.3 Å². The second-order valence-electron chi connectivity index (χ2n) is 7.33. The highest BCUT2D eigenvalue weighted by Crippen LogP contribution is 2.43. The number of benzene rings is 5. The summed E-state index contributed by atoms with van der Waals surface area (Å²) in [6, 6.07) is 32.1. The molecule has 0 aliphatic carbocycles. The van der Waals surface area contributed by atoms with E-state index in [0.717, 1.165) is 56.4 Å². The number of aldehydes is 2. The van der Waals surface area contributed by atoms with Crippen molar-refractivity contribution < 1.29 is 9.59 Å². The van der Waals surface area contributed by atoms with E-state index in [-0.39, 0.29) is 0 Å². The monoisotopic (exact) mass is 386 g/mol. The number of carbonyl (C=O) groups excluding carboxylic acids is 2. The lowest BCUT2D eigenvalue weighted by Gasteiger charge is -2.18. The molecule has 5 rings (SSSR count). The van der Waals surface area contributed by atoms with Crippen molar-refractivity contribution in [1.82, 2.24) is 0 Å². The van der Waals surface area contributed by atoms with Crippen LogP contribution in [-0.4, -0.2) is 12.6 Å². The summed E-state index contributed by atoms with van der Waals surface area (Å²) < 4.78 is 0. The van der Waals surface area contributed by atoms with Gasteiger partial charge in [0.1, 0.15) is 12.6 Å². The molecule has 0 radical (unpaired) electrons. The zero-order valence-corrected chi connectivity index (χ0v) is 16.2. The number of hydrogen-bond donors (Lipinski definition) is 0. The fourth-order valence-electron chi connectivity index (χ4n) is 4.29. The third-order valence-corrected chi connectivity index (χ3v) is 5.55. The minimum absolute atomic E-state index is 0.656. The van der Waals surface area contributed by atoms with Gasteiger partial charge in [-0.2, -0.15) is 0 Å². The zero-order chi connectivity index (χ0) is 20.5. The minimum atomic E-state index is 0.656. The van der Waals surface area contributed by atoms with Crippen LogP contribution >= 0.6 is 0 Å². The van der Waals surface area contributed by atoms with Crippen molar-refractivity contribution in [2.75, 3.05) is 0 Å². The molecule has 0 aliphatic heterocycles. The van der Waals surface area contributed by atoms with Crippen LogP contribution in [0.3, 0.4) is 0 Å². The van der Waals surface area contributed by atoms with Crippen LogP contribution in [0.2, 0.25) is 0 Å². The van der Waals surface area contributed by atoms with Crippen molar-refractivity contribution in [1.29, 1.82) is 0 Å². The molecule has 0 aromatic heterocycles. The fourth-order valence-corrected chi connectivity index (χ4v) is 4.29. The van der Waals surface area contributed by atoms with E-state index in [1.165, 1.54) is 0 Å². The maximum Gasteiger partial charge on any atom is 0.150 e. The highest BCUT2D eigenvalue weighted by molar-refractivity contribution is 6.21. The molecule has 0 amide bonds. The van der Waals surface area contributed by atoms with Crippen molar-refractivity contribution in [3.05, 3.63) is 108 Å². The summed E-state index contributed by atoms with van der Waals surface area (Å²) in [6.07, 6.45) is 1.76. The van der Waals surface area contributed by atoms with Gasteiger partial charge in [-0.25, -0.2) is 0 Å². The molecular weight excluding hydrogens is 368 g/mol. The van der Waals surface area contributed by atoms with E-state index < -0.39 is 0 Å². The lowest BCUT2D eigenvalue weighted by molar-refractivity contribution is 0.111. The maximum absolute atomic E-state index is 11.4. The predicted molar refractivity (Wildman–Crippen MR) is 123 cm³/mol. The standard InChI is InChI=1S/C28H18O2/c29-17-19-7-5-9-21(15-19)27-23-11-1-2-12-24(23)28(26-14-4-3-13-25(26)27)22-10-6-8-20(16-22)18-30/h1-18H. The van der Waals surface area contributed by atoms with Gasteiger partial charge in [-0.15, -0.1) is 0 Å². The van der Waals surface area contributed by atoms with Gasteiger partial charge < -0.3 is 0 Å². The molecule has 0 bridgehead atoms. The minimum Gasteiger partial charge on any atom is -0.298 e. The molecule has 2 heteroatoms. The molecule has 142 valence electrons. The van der Waals surface area contributed by atoms with Crippen molar-refractivity contribution >= 4 is 34.1 Å². The van der Waals surface area contributed by atoms with Crippen LogP contribution in [0.5, 0.6) is 0 Å². The summed E-state index contributed by atoms with van der Waals surface area (Å²) in [5.74, 6) is 0. The molecule has 0 heterocycles. The van der Waals surface area contributed by atoms with Crippen LogP contribution < -0.4 is 0 Å². The third kappa shape index (κ3) is 2.90. The van der Waals surface area contributed by atoms with Gasteiger partial charge in [-0.3, -0.25) is 9.59 Å². The number of hydrogen-bond acceptors (Lipinski definition) is 2. The van der Waals surface area contributed by atoms with Crippen LogP contribution in [-0.2, 0) is 0 Å². The van der Waals surface area contributed by atoms with E-state index in [1.54, 1.807) is 0 Å². The van der Waals surface area contributed by atoms with Crippen LogP contribution in [0.25, 0.3) is 43.8 Å². The fraction of sp³-hybridized carbons (Fsp3) is 0. The smallest absolute Gasteiger partial charge is 0.150 e. The average Bonchev–Trinajstić information content (AvgIpc) is 2.82. The van der Waals surface area contributed by atoms with E-state index >= 15 is 0 Å². The van der Waals surface area contributed by atoms with Gasteiger partial charge in [-0.1, -0.05) is 84.9 Å². The topological polar surface area (TPSA) is 34.1 Å². The van der Waals surface area contributed by atoms with Gasteiger partial charge in [-0.05, 0) is 55.9 Å². The first-order valence-corrected chi connectivity index (χ1v) is 9.85. The molecule has 30 heavy (non-hydrogen) atoms. The summed E-state index contributed by atoms with van der Waals surface area (Å²) >= 11 is 0. The molecule has 0 aliphatic rings. The maximum atomic E-state index is 11.4. The first-order valence-electron chi connectivity index (χ1n) is 9.85. The second kappa shape index (κ2) is 7.41. The molecule has 0 fully saturated rings. The van der Waals surface area contributed by atoms with Gasteiger partial charge in [0.25, 0.3) is 0 Å². The van der Waals surface area contributed by atoms with Crippen molar-refractivity contribution in [2.45, 2.75) is 0 Å². The molecule has 0 unspecified atom stereocenters. The van der Waals surface area contributed by atoms with Gasteiger partial charge in [0, 0.05) is 11.1 Å². The Kier molecular flexibility index (Phi) is 4.45. The first kappa shape index (κ1) is 18.0. The summed E-state index contributed by atoms with van der Waals surface area (Å²) in [6.45, 7) is 0. The van der Waals surface area contributed by atoms with Gasteiger partial charge in [0.15, 0.2) is 0 Å². The van der Waals surface area contributed by atoms with E-state index in [0.29, 0.717) is 11.1 Å². The molecule has 5 aromatic carbocycles. The van der Waals surface area contributed by atoms with Crippen LogP contribution in [0.4, 0.5) is 0 Å². The van der Waals surface area contributed by atoms with Crippen molar-refractivity contribution in [3.63, 3.8) is 0 Å². The van der Waals surface area contributed by atoms with Crippen molar-refractivity contribution in [2.24, 2.45) is 0 Å². The van der Waals surface area contributed by atoms with Gasteiger partial charge >= 0.3 is 0 Å². The molecule has 0 saturated heterocycles. The molecule has 0 N–H and O–H groups in total. The average molecular weight is 386 g/mol. The second-order valence-corrected chi connectivity index (χ2v) is 7.33. The van der Waals surface area contributed by atoms with E-state index in [2.05, 4.69) is 24.3 Å². The quantitative estimate of drug-likeness (QED) is 0.247. The van der Waals surface area contributed by atoms with E-state index in [9.17, 15) is 9.59 Å². The first-order chi connectivity index (χ1) is 14.8. The lowest BCUT2D eigenvalue weighted by atomic mass is 9.85. The Balaban J connectivity index is 1.96. The number of rotatable bonds is 4. The van der Waals surface area contributed by atoms with Crippen LogP contribution in [0.1, 0.15) is 20.7 Å². The SMILES string of the molecule is O=Cc1cccc(-c2c3ccccc3c(-c3cccc(C=O)c3)c3ccccc23)c1. The summed E-state index contributed by atoms with van der Waals surface area (Å²) in [7, 11) is 0. The molecule has 0 saturated carbocycles. The zero-order valence-electron chi connectivity index (χ0n) is 16.2. The summed E-state index contributed by atoms with van der Waals surface area (Å²) in [4.78, 5) is 22.8.